The molecule has 0 fully saturated rings. The number of nitrogen functional groups attached to an aromatic ring is 1. The molecule has 1 aliphatic rings. The minimum Gasteiger partial charge on any atom is -0.496 e. The van der Waals surface area contributed by atoms with Gasteiger partial charge in [0.1, 0.15) is 11.5 Å². The van der Waals surface area contributed by atoms with Crippen LogP contribution in [0.5, 0.6) is 5.75 Å². The fraction of sp³-hybridized carbons (Fsp3) is 0.200. The Hall–Kier alpha value is -2.81. The van der Waals surface area contributed by atoms with Gasteiger partial charge in [0.25, 0.3) is 0 Å². The van der Waals surface area contributed by atoms with Crippen molar-refractivity contribution in [1.82, 2.24) is 14.9 Å². The number of carbonyl (C=O) groups is 2. The molecule has 124 valence electrons. The molecule has 0 spiro atoms. The number of nitrogens with two attached hydrogens (primary N) is 1. The number of benzene rings is 1. The van der Waals surface area contributed by atoms with Gasteiger partial charge in [-0.2, -0.15) is 0 Å². The van der Waals surface area contributed by atoms with Crippen molar-refractivity contribution >= 4 is 23.3 Å². The predicted octanol–water partition coefficient (Wildman–Crippen LogP) is 0.812. The summed E-state index contributed by atoms with van der Waals surface area (Å²) in [7, 11) is 1.57. The molecule has 9 heteroatoms. The number of hydrogen-bond acceptors (Lipinski definition) is 8. The lowest BCUT2D eigenvalue weighted by atomic mass is 10.2. The molecule has 0 bridgehead atoms. The first-order valence-electron chi connectivity index (χ1n) is 6.97. The molecule has 0 atom stereocenters. The van der Waals surface area contributed by atoms with Gasteiger partial charge < -0.3 is 15.3 Å². The molecule has 0 saturated carbocycles. The molecule has 0 radical (unpaired) electrons. The largest absolute Gasteiger partial charge is 0.496 e. The second-order valence-corrected chi connectivity index (χ2v) is 5.79. The van der Waals surface area contributed by atoms with Crippen molar-refractivity contribution in [2.75, 3.05) is 25.3 Å². The highest BCUT2D eigenvalue weighted by Gasteiger charge is 2.21. The van der Waals surface area contributed by atoms with E-state index in [0.29, 0.717) is 28.2 Å². The summed E-state index contributed by atoms with van der Waals surface area (Å²) >= 11 is 1.25. The average Bonchev–Trinajstić information content (AvgIpc) is 2.96. The third kappa shape index (κ3) is 3.11. The van der Waals surface area contributed by atoms with Crippen molar-refractivity contribution in [3.8, 4) is 17.1 Å². The Balaban J connectivity index is 1.77. The number of methoxy groups -OCH3 is 1. The smallest absolute Gasteiger partial charge is 0.240 e. The summed E-state index contributed by atoms with van der Waals surface area (Å²) in [6.07, 6.45) is 1.19. The predicted molar refractivity (Wildman–Crippen MR) is 86.9 cm³/mol. The number of ether oxygens (including phenoxy) is 2. The van der Waals surface area contributed by atoms with Gasteiger partial charge in [-0.25, -0.2) is 4.68 Å². The maximum Gasteiger partial charge on any atom is 0.240 e. The summed E-state index contributed by atoms with van der Waals surface area (Å²) in [4.78, 5) is 22.5. The van der Waals surface area contributed by atoms with Crippen LogP contribution in [0.25, 0.3) is 11.4 Å². The maximum atomic E-state index is 11.4. The van der Waals surface area contributed by atoms with Crippen LogP contribution in [0.3, 0.4) is 0 Å². The van der Waals surface area contributed by atoms with Crippen LogP contribution in [-0.2, 0) is 14.3 Å². The summed E-state index contributed by atoms with van der Waals surface area (Å²) in [5.74, 6) is 6.77. The number of para-hydroxylation sites is 1. The molecular formula is C15H14N4O4S. The van der Waals surface area contributed by atoms with E-state index in [9.17, 15) is 9.59 Å². The Labute approximate surface area is 141 Å². The second kappa shape index (κ2) is 6.75. The quantitative estimate of drug-likeness (QED) is 0.481. The van der Waals surface area contributed by atoms with E-state index in [-0.39, 0.29) is 6.61 Å². The number of hydrogen-bond donors (Lipinski definition) is 1. The first-order chi connectivity index (χ1) is 11.6. The van der Waals surface area contributed by atoms with Gasteiger partial charge in [-0.1, -0.05) is 23.9 Å². The van der Waals surface area contributed by atoms with E-state index in [4.69, 9.17) is 15.3 Å². The van der Waals surface area contributed by atoms with Gasteiger partial charge >= 0.3 is 0 Å². The number of nitrogens with zero attached hydrogens (tertiary/aromatic N) is 3. The van der Waals surface area contributed by atoms with Crippen molar-refractivity contribution in [3.63, 3.8) is 0 Å². The number of thioether (sulfide) groups is 1. The van der Waals surface area contributed by atoms with E-state index >= 15 is 0 Å². The van der Waals surface area contributed by atoms with Crippen molar-refractivity contribution in [3.05, 3.63) is 36.1 Å². The third-order valence-electron chi connectivity index (χ3n) is 3.31. The fourth-order valence-corrected chi connectivity index (χ4v) is 2.87. The number of allylic oxidation sites excluding steroid dienone is 1. The number of carbonyl (C=O) groups excluding carboxylic acids is 2. The molecule has 2 aromatic rings. The van der Waals surface area contributed by atoms with E-state index in [1.807, 2.05) is 18.2 Å². The van der Waals surface area contributed by atoms with Crippen molar-refractivity contribution < 1.29 is 19.1 Å². The molecule has 2 heterocycles. The van der Waals surface area contributed by atoms with Gasteiger partial charge in [-0.15, -0.1) is 10.2 Å². The minimum absolute atomic E-state index is 0.229. The Morgan fingerprint density at radius 1 is 1.33 bits per heavy atom. The molecule has 3 rings (SSSR count). The lowest BCUT2D eigenvalue weighted by molar-refractivity contribution is -0.137. The zero-order chi connectivity index (χ0) is 17.1. The summed E-state index contributed by atoms with van der Waals surface area (Å²) in [6, 6.07) is 7.33. The van der Waals surface area contributed by atoms with Crippen molar-refractivity contribution in [2.24, 2.45) is 0 Å². The minimum atomic E-state index is -0.555. The van der Waals surface area contributed by atoms with E-state index in [1.54, 1.807) is 13.2 Å². The van der Waals surface area contributed by atoms with Crippen molar-refractivity contribution in [1.29, 1.82) is 0 Å². The van der Waals surface area contributed by atoms with Gasteiger partial charge in [-0.3, -0.25) is 9.59 Å². The van der Waals surface area contributed by atoms with Crippen LogP contribution < -0.4 is 10.6 Å². The van der Waals surface area contributed by atoms with Crippen LogP contribution in [0.2, 0.25) is 0 Å². The first kappa shape index (κ1) is 16.1. The van der Waals surface area contributed by atoms with Crippen molar-refractivity contribution in [2.45, 2.75) is 5.16 Å². The van der Waals surface area contributed by atoms with Gasteiger partial charge in [-0.05, 0) is 12.1 Å². The Bertz CT molecular complexity index is 831. The number of rotatable bonds is 5. The molecule has 24 heavy (non-hydrogen) atoms. The molecule has 0 unspecified atom stereocenters. The number of ketones is 2. The van der Waals surface area contributed by atoms with Gasteiger partial charge in [0.2, 0.25) is 16.7 Å². The average molecular weight is 346 g/mol. The van der Waals surface area contributed by atoms with Crippen LogP contribution in [0.1, 0.15) is 0 Å². The molecule has 0 saturated heterocycles. The van der Waals surface area contributed by atoms with Gasteiger partial charge in [0, 0.05) is 6.08 Å². The highest BCUT2D eigenvalue weighted by atomic mass is 32.2. The molecule has 1 aromatic carbocycles. The monoisotopic (exact) mass is 346 g/mol. The third-order valence-corrected chi connectivity index (χ3v) is 4.28. The topological polar surface area (TPSA) is 109 Å². The lowest BCUT2D eigenvalue weighted by Gasteiger charge is -2.12. The maximum absolute atomic E-state index is 11.4. The molecule has 1 aromatic heterocycles. The first-order valence-corrected chi connectivity index (χ1v) is 7.96. The number of aromatic nitrogens is 3. The van der Waals surface area contributed by atoms with Gasteiger partial charge in [0.15, 0.2) is 12.4 Å². The van der Waals surface area contributed by atoms with Gasteiger partial charge in [0.05, 0.1) is 18.4 Å². The van der Waals surface area contributed by atoms with E-state index in [1.165, 1.54) is 22.5 Å². The molecule has 1 aliphatic heterocycles. The summed E-state index contributed by atoms with van der Waals surface area (Å²) < 4.78 is 11.8. The molecular weight excluding hydrogens is 332 g/mol. The molecule has 0 amide bonds. The lowest BCUT2D eigenvalue weighted by Crippen LogP contribution is -2.23. The zero-order valence-electron chi connectivity index (χ0n) is 12.8. The summed E-state index contributed by atoms with van der Waals surface area (Å²) in [5, 5.41) is 8.59. The highest BCUT2D eigenvalue weighted by molar-refractivity contribution is 7.99. The SMILES string of the molecule is COc1ccccc1-c1nnc(SCC2=CC(=O)C(=O)CO2)n1N. The van der Waals surface area contributed by atoms with E-state index < -0.39 is 11.6 Å². The highest BCUT2D eigenvalue weighted by Crippen LogP contribution is 2.29. The molecule has 0 aliphatic carbocycles. The van der Waals surface area contributed by atoms with Crippen LogP contribution in [0.15, 0.2) is 41.3 Å². The van der Waals surface area contributed by atoms with E-state index in [0.717, 1.165) is 5.56 Å². The molecule has 8 nitrogen and oxygen atoms in total. The Morgan fingerprint density at radius 3 is 2.88 bits per heavy atom. The second-order valence-electron chi connectivity index (χ2n) is 4.85. The van der Waals surface area contributed by atoms with Crippen LogP contribution in [0.4, 0.5) is 0 Å². The van der Waals surface area contributed by atoms with E-state index in [2.05, 4.69) is 10.2 Å². The summed E-state index contributed by atoms with van der Waals surface area (Å²) in [6.45, 7) is -0.229. The van der Waals surface area contributed by atoms with Crippen LogP contribution in [0, 0.1) is 0 Å². The molecule has 2 N–H and O–H groups in total. The Kier molecular flexibility index (Phi) is 4.52. The zero-order valence-corrected chi connectivity index (χ0v) is 13.6. The normalized spacial score (nSPS) is 14.3. The van der Waals surface area contributed by atoms with Crippen LogP contribution in [-0.4, -0.2) is 45.9 Å². The fourth-order valence-electron chi connectivity index (χ4n) is 2.11. The van der Waals surface area contributed by atoms with Crippen LogP contribution >= 0.6 is 11.8 Å². The summed E-state index contributed by atoms with van der Waals surface area (Å²) in [5.41, 5.74) is 0.718. The standard InChI is InChI=1S/C15H14N4O4S/c1-22-13-5-3-2-4-10(13)14-17-18-15(19(14)16)24-8-9-6-11(20)12(21)7-23-9/h2-6H,7-8,16H2,1H3. The number of Topliss-reactive ketones (excluding diaryl/α,β-unsaturated/α-hetero) is 1. The Morgan fingerprint density at radius 2 is 2.12 bits per heavy atom.